The van der Waals surface area contributed by atoms with Gasteiger partial charge in [0.1, 0.15) is 0 Å². The van der Waals surface area contributed by atoms with Crippen molar-refractivity contribution in [3.63, 3.8) is 0 Å². The van der Waals surface area contributed by atoms with Gasteiger partial charge in [0.15, 0.2) is 10.4 Å². The maximum atomic E-state index is 11.8. The second kappa shape index (κ2) is 5.89. The molecule has 0 saturated heterocycles. The maximum Gasteiger partial charge on any atom is 0.287 e. The average Bonchev–Trinajstić information content (AvgIpc) is 2.66. The first-order chi connectivity index (χ1) is 8.59. The average molecular weight is 316 g/mol. The molecular formula is C13H18BrNO3. The second-order valence-electron chi connectivity index (χ2n) is 4.92. The molecule has 1 fully saturated rings. The Balaban J connectivity index is 1.88. The predicted octanol–water partition coefficient (Wildman–Crippen LogP) is 2.86. The highest BCUT2D eigenvalue weighted by atomic mass is 79.9. The van der Waals surface area contributed by atoms with Crippen LogP contribution in [0.3, 0.4) is 0 Å². The molecule has 1 aliphatic rings. The van der Waals surface area contributed by atoms with Gasteiger partial charge in [-0.1, -0.05) is 25.7 Å². The van der Waals surface area contributed by atoms with E-state index in [0.29, 0.717) is 11.2 Å². The Hall–Kier alpha value is -0.810. The van der Waals surface area contributed by atoms with Crippen molar-refractivity contribution in [2.75, 3.05) is 6.54 Å². The number of furan rings is 1. The van der Waals surface area contributed by atoms with Crippen molar-refractivity contribution in [2.24, 2.45) is 0 Å². The lowest BCUT2D eigenvalue weighted by Gasteiger charge is -2.26. The normalized spacial score (nSPS) is 19.2. The van der Waals surface area contributed by atoms with Gasteiger partial charge < -0.3 is 14.8 Å². The molecule has 1 aliphatic carbocycles. The number of hydrogen-bond donors (Lipinski definition) is 2. The molecule has 0 spiro atoms. The van der Waals surface area contributed by atoms with Gasteiger partial charge in [-0.15, -0.1) is 0 Å². The van der Waals surface area contributed by atoms with E-state index in [2.05, 4.69) is 21.2 Å². The predicted molar refractivity (Wildman–Crippen MR) is 71.4 cm³/mol. The van der Waals surface area contributed by atoms with Gasteiger partial charge in [0, 0.05) is 6.54 Å². The highest BCUT2D eigenvalue weighted by Gasteiger charge is 2.28. The van der Waals surface area contributed by atoms with E-state index in [-0.39, 0.29) is 11.7 Å². The molecule has 0 bridgehead atoms. The third-order valence-electron chi connectivity index (χ3n) is 3.41. The number of aliphatic hydroxyl groups is 1. The lowest BCUT2D eigenvalue weighted by atomic mass is 9.94. The molecule has 1 heterocycles. The molecule has 0 aromatic carbocycles. The smallest absolute Gasteiger partial charge is 0.287 e. The summed E-state index contributed by atoms with van der Waals surface area (Å²) < 4.78 is 5.69. The summed E-state index contributed by atoms with van der Waals surface area (Å²) in [5.74, 6) is -0.0162. The number of carbonyl (C=O) groups is 1. The van der Waals surface area contributed by atoms with Crippen LogP contribution < -0.4 is 5.32 Å². The van der Waals surface area contributed by atoms with Crippen LogP contribution in [-0.2, 0) is 0 Å². The Morgan fingerprint density at radius 2 is 2.00 bits per heavy atom. The number of rotatable bonds is 3. The van der Waals surface area contributed by atoms with Gasteiger partial charge in [0.05, 0.1) is 5.60 Å². The van der Waals surface area contributed by atoms with Crippen molar-refractivity contribution in [2.45, 2.75) is 44.1 Å². The molecule has 1 amide bonds. The first kappa shape index (κ1) is 13.6. The van der Waals surface area contributed by atoms with Crippen LogP contribution in [0.25, 0.3) is 0 Å². The highest BCUT2D eigenvalue weighted by Crippen LogP contribution is 2.26. The quantitative estimate of drug-likeness (QED) is 0.843. The van der Waals surface area contributed by atoms with Crippen molar-refractivity contribution < 1.29 is 14.3 Å². The van der Waals surface area contributed by atoms with Gasteiger partial charge in [-0.3, -0.25) is 4.79 Å². The summed E-state index contributed by atoms with van der Waals surface area (Å²) in [7, 11) is 0. The molecule has 1 aromatic rings. The van der Waals surface area contributed by atoms with Gasteiger partial charge in [-0.05, 0) is 40.9 Å². The van der Waals surface area contributed by atoms with Gasteiger partial charge in [-0.2, -0.15) is 0 Å². The summed E-state index contributed by atoms with van der Waals surface area (Å²) in [6, 6.07) is 3.28. The minimum Gasteiger partial charge on any atom is -0.444 e. The van der Waals surface area contributed by atoms with Crippen LogP contribution in [0.5, 0.6) is 0 Å². The Morgan fingerprint density at radius 3 is 2.56 bits per heavy atom. The third-order valence-corrected chi connectivity index (χ3v) is 3.84. The van der Waals surface area contributed by atoms with E-state index in [1.807, 2.05) is 0 Å². The molecule has 5 heteroatoms. The number of nitrogens with one attached hydrogen (secondary N) is 1. The molecule has 0 atom stereocenters. The van der Waals surface area contributed by atoms with Crippen LogP contribution in [0.2, 0.25) is 0 Å². The van der Waals surface area contributed by atoms with E-state index in [4.69, 9.17) is 4.42 Å². The molecule has 2 N–H and O–H groups in total. The third kappa shape index (κ3) is 3.59. The van der Waals surface area contributed by atoms with E-state index in [1.165, 1.54) is 12.8 Å². The zero-order valence-electron chi connectivity index (χ0n) is 10.2. The van der Waals surface area contributed by atoms with Gasteiger partial charge in [0.2, 0.25) is 0 Å². The van der Waals surface area contributed by atoms with Crippen molar-refractivity contribution in [1.29, 1.82) is 0 Å². The Morgan fingerprint density at radius 1 is 1.33 bits per heavy atom. The summed E-state index contributed by atoms with van der Waals surface area (Å²) in [5.41, 5.74) is -0.754. The molecule has 4 nitrogen and oxygen atoms in total. The van der Waals surface area contributed by atoms with Crippen molar-refractivity contribution in [3.8, 4) is 0 Å². The van der Waals surface area contributed by atoms with Gasteiger partial charge in [-0.25, -0.2) is 0 Å². The lowest BCUT2D eigenvalue weighted by molar-refractivity contribution is 0.0243. The van der Waals surface area contributed by atoms with Crippen LogP contribution in [0.4, 0.5) is 0 Å². The minimum atomic E-state index is -0.754. The largest absolute Gasteiger partial charge is 0.444 e. The molecule has 1 aromatic heterocycles. The van der Waals surface area contributed by atoms with Gasteiger partial charge >= 0.3 is 0 Å². The maximum absolute atomic E-state index is 11.8. The van der Waals surface area contributed by atoms with E-state index >= 15 is 0 Å². The number of carbonyl (C=O) groups excluding carboxylic acids is 1. The molecule has 0 radical (unpaired) electrons. The summed E-state index contributed by atoms with van der Waals surface area (Å²) in [5, 5.41) is 13.1. The molecule has 1 saturated carbocycles. The van der Waals surface area contributed by atoms with E-state index < -0.39 is 5.60 Å². The first-order valence-electron chi connectivity index (χ1n) is 6.35. The summed E-state index contributed by atoms with van der Waals surface area (Å²) in [6.45, 7) is 0.296. The number of amides is 1. The molecule has 18 heavy (non-hydrogen) atoms. The first-order valence-corrected chi connectivity index (χ1v) is 7.14. The SMILES string of the molecule is O=C(NCC1(O)CCCCCC1)c1ccc(Br)o1. The number of hydrogen-bond acceptors (Lipinski definition) is 3. The van der Waals surface area contributed by atoms with Crippen LogP contribution in [0.15, 0.2) is 21.2 Å². The zero-order valence-corrected chi connectivity index (χ0v) is 11.8. The van der Waals surface area contributed by atoms with Crippen LogP contribution in [0.1, 0.15) is 49.1 Å². The molecule has 0 aliphatic heterocycles. The fourth-order valence-corrected chi connectivity index (χ4v) is 2.64. The minimum absolute atomic E-state index is 0.263. The monoisotopic (exact) mass is 315 g/mol. The molecular weight excluding hydrogens is 298 g/mol. The van der Waals surface area contributed by atoms with Gasteiger partial charge in [0.25, 0.3) is 5.91 Å². The van der Waals surface area contributed by atoms with Crippen LogP contribution in [-0.4, -0.2) is 23.2 Å². The summed E-state index contributed by atoms with van der Waals surface area (Å²) >= 11 is 3.15. The van der Waals surface area contributed by atoms with E-state index in [1.54, 1.807) is 12.1 Å². The Bertz CT molecular complexity index is 408. The topological polar surface area (TPSA) is 62.5 Å². The second-order valence-corrected chi connectivity index (χ2v) is 5.71. The van der Waals surface area contributed by atoms with Crippen molar-refractivity contribution >= 4 is 21.8 Å². The lowest BCUT2D eigenvalue weighted by Crippen LogP contribution is -2.42. The fraction of sp³-hybridized carbons (Fsp3) is 0.615. The van der Waals surface area contributed by atoms with Crippen LogP contribution in [0, 0.1) is 0 Å². The van der Waals surface area contributed by atoms with E-state index in [0.717, 1.165) is 25.7 Å². The van der Waals surface area contributed by atoms with E-state index in [9.17, 15) is 9.90 Å². The van der Waals surface area contributed by atoms with Crippen LogP contribution >= 0.6 is 15.9 Å². The Kier molecular flexibility index (Phi) is 4.45. The van der Waals surface area contributed by atoms with Crippen molar-refractivity contribution in [1.82, 2.24) is 5.32 Å². The standard InChI is InChI=1S/C13H18BrNO3/c14-11-6-5-10(18-11)12(16)15-9-13(17)7-3-1-2-4-8-13/h5-6,17H,1-4,7-9H2,(H,15,16). The molecule has 2 rings (SSSR count). The highest BCUT2D eigenvalue weighted by molar-refractivity contribution is 9.10. The Labute approximate surface area is 115 Å². The van der Waals surface area contributed by atoms with Crippen molar-refractivity contribution in [3.05, 3.63) is 22.6 Å². The number of halogens is 1. The molecule has 100 valence electrons. The fourth-order valence-electron chi connectivity index (χ4n) is 2.33. The summed E-state index contributed by atoms with van der Waals surface area (Å²) in [4.78, 5) is 11.8. The summed E-state index contributed by atoms with van der Waals surface area (Å²) in [6.07, 6.45) is 5.91. The molecule has 0 unspecified atom stereocenters. The zero-order chi connectivity index (χ0) is 13.0.